The first-order valence-corrected chi connectivity index (χ1v) is 8.48. The number of hydrogen-bond acceptors (Lipinski definition) is 3. The molecule has 4 nitrogen and oxygen atoms in total. The lowest BCUT2D eigenvalue weighted by atomic mass is 9.67. The molecule has 22 heavy (non-hydrogen) atoms. The fourth-order valence-corrected chi connectivity index (χ4v) is 3.58. The molecule has 2 rings (SSSR count). The highest BCUT2D eigenvalue weighted by molar-refractivity contribution is 14.0. The third kappa shape index (κ3) is 5.70. The first kappa shape index (κ1) is 19.7. The fourth-order valence-electron chi connectivity index (χ4n) is 2.75. The summed E-state index contributed by atoms with van der Waals surface area (Å²) < 4.78 is 5.24. The van der Waals surface area contributed by atoms with Crippen molar-refractivity contribution in [3.05, 3.63) is 21.9 Å². The molecule has 126 valence electrons. The summed E-state index contributed by atoms with van der Waals surface area (Å²) in [4.78, 5) is 7.01. The molecular formula is C16H28IN3OS. The Bertz CT molecular complexity index is 472. The number of rotatable bonds is 7. The smallest absolute Gasteiger partial charge is 0.191 e. The summed E-state index contributed by atoms with van der Waals surface area (Å²) in [5.74, 6) is 0.893. The summed E-state index contributed by atoms with van der Waals surface area (Å²) in [6.45, 7) is 4.81. The number of thiophene rings is 1. The largest absolute Gasteiger partial charge is 0.385 e. The SMILES string of the molecule is CN=C(NCc1ccc(C)s1)NCC1(CCOC)CCC1.I. The molecule has 1 aromatic heterocycles. The number of nitrogens with zero attached hydrogens (tertiary/aromatic N) is 1. The van der Waals surface area contributed by atoms with Crippen LogP contribution in [-0.2, 0) is 11.3 Å². The number of aliphatic imine (C=N–C) groups is 1. The van der Waals surface area contributed by atoms with E-state index in [0.717, 1.165) is 32.1 Å². The van der Waals surface area contributed by atoms with E-state index < -0.39 is 0 Å². The fraction of sp³-hybridized carbons (Fsp3) is 0.688. The van der Waals surface area contributed by atoms with Gasteiger partial charge in [0.2, 0.25) is 0 Å². The van der Waals surface area contributed by atoms with Gasteiger partial charge in [0, 0.05) is 37.1 Å². The zero-order chi connectivity index (χ0) is 15.1. The van der Waals surface area contributed by atoms with Crippen molar-refractivity contribution in [3.8, 4) is 0 Å². The number of aryl methyl sites for hydroxylation is 1. The van der Waals surface area contributed by atoms with Crippen molar-refractivity contribution >= 4 is 41.3 Å². The van der Waals surface area contributed by atoms with E-state index in [1.165, 1.54) is 29.0 Å². The van der Waals surface area contributed by atoms with Crippen LogP contribution < -0.4 is 10.6 Å². The maximum Gasteiger partial charge on any atom is 0.191 e. The Hall–Kier alpha value is -0.340. The number of ether oxygens (including phenoxy) is 1. The van der Waals surface area contributed by atoms with Gasteiger partial charge in [-0.15, -0.1) is 35.3 Å². The van der Waals surface area contributed by atoms with Crippen molar-refractivity contribution < 1.29 is 4.74 Å². The van der Waals surface area contributed by atoms with Crippen LogP contribution in [0, 0.1) is 12.3 Å². The van der Waals surface area contributed by atoms with Crippen LogP contribution in [0.5, 0.6) is 0 Å². The molecule has 0 radical (unpaired) electrons. The van der Waals surface area contributed by atoms with E-state index in [1.54, 1.807) is 7.11 Å². The minimum absolute atomic E-state index is 0. The summed E-state index contributed by atoms with van der Waals surface area (Å²) in [6.07, 6.45) is 5.07. The molecule has 1 heterocycles. The molecule has 0 saturated heterocycles. The van der Waals surface area contributed by atoms with Gasteiger partial charge in [0.15, 0.2) is 5.96 Å². The Balaban J connectivity index is 0.00000242. The van der Waals surface area contributed by atoms with Gasteiger partial charge in [-0.2, -0.15) is 0 Å². The Morgan fingerprint density at radius 1 is 1.36 bits per heavy atom. The van der Waals surface area contributed by atoms with Crippen LogP contribution in [0.25, 0.3) is 0 Å². The minimum Gasteiger partial charge on any atom is -0.385 e. The highest BCUT2D eigenvalue weighted by atomic mass is 127. The first-order chi connectivity index (χ1) is 10.2. The quantitative estimate of drug-likeness (QED) is 0.390. The maximum absolute atomic E-state index is 5.24. The van der Waals surface area contributed by atoms with E-state index in [0.29, 0.717) is 5.41 Å². The van der Waals surface area contributed by atoms with Gasteiger partial charge in [0.25, 0.3) is 0 Å². The zero-order valence-corrected chi connectivity index (χ0v) is 16.9. The molecule has 0 bridgehead atoms. The zero-order valence-electron chi connectivity index (χ0n) is 13.8. The minimum atomic E-state index is 0. The summed E-state index contributed by atoms with van der Waals surface area (Å²) in [7, 11) is 3.61. The van der Waals surface area contributed by atoms with Gasteiger partial charge in [-0.05, 0) is 43.7 Å². The molecule has 1 aromatic rings. The second-order valence-electron chi connectivity index (χ2n) is 5.89. The Kier molecular flexibility index (Phi) is 8.71. The highest BCUT2D eigenvalue weighted by Gasteiger charge is 2.36. The number of hydrogen-bond donors (Lipinski definition) is 2. The molecular weight excluding hydrogens is 409 g/mol. The van der Waals surface area contributed by atoms with Crippen molar-refractivity contribution in [2.75, 3.05) is 27.3 Å². The molecule has 0 aromatic carbocycles. The normalized spacial score (nSPS) is 16.6. The van der Waals surface area contributed by atoms with Crippen LogP contribution in [0.3, 0.4) is 0 Å². The van der Waals surface area contributed by atoms with Gasteiger partial charge in [-0.3, -0.25) is 4.99 Å². The monoisotopic (exact) mass is 437 g/mol. The predicted octanol–water partition coefficient (Wildman–Crippen LogP) is 3.55. The molecule has 0 atom stereocenters. The molecule has 0 spiro atoms. The van der Waals surface area contributed by atoms with Crippen LogP contribution in [0.4, 0.5) is 0 Å². The van der Waals surface area contributed by atoms with Crippen molar-refractivity contribution in [1.29, 1.82) is 0 Å². The Morgan fingerprint density at radius 2 is 2.14 bits per heavy atom. The Labute approximate surface area is 155 Å². The third-order valence-electron chi connectivity index (χ3n) is 4.33. The van der Waals surface area contributed by atoms with E-state index >= 15 is 0 Å². The van der Waals surface area contributed by atoms with Crippen molar-refractivity contribution in [2.45, 2.75) is 39.2 Å². The van der Waals surface area contributed by atoms with Crippen LogP contribution in [0.15, 0.2) is 17.1 Å². The lowest BCUT2D eigenvalue weighted by molar-refractivity contribution is 0.0732. The standard InChI is InChI=1S/C16H27N3OS.HI/c1-13-5-6-14(21-13)11-18-15(17-2)19-12-16(7-4-8-16)9-10-20-3;/h5-6H,4,7-12H2,1-3H3,(H2,17,18,19);1H. The molecule has 1 saturated carbocycles. The number of halogens is 1. The van der Waals surface area contributed by atoms with Crippen molar-refractivity contribution in [2.24, 2.45) is 10.4 Å². The second-order valence-corrected chi connectivity index (χ2v) is 7.26. The molecule has 6 heteroatoms. The average Bonchev–Trinajstić information content (AvgIpc) is 2.86. The van der Waals surface area contributed by atoms with Gasteiger partial charge in [-0.1, -0.05) is 6.42 Å². The van der Waals surface area contributed by atoms with Gasteiger partial charge >= 0.3 is 0 Å². The van der Waals surface area contributed by atoms with Gasteiger partial charge in [0.05, 0.1) is 6.54 Å². The molecule has 1 aliphatic carbocycles. The predicted molar refractivity (Wildman–Crippen MR) is 105 cm³/mol. The lowest BCUT2D eigenvalue weighted by Crippen LogP contribution is -2.46. The highest BCUT2D eigenvalue weighted by Crippen LogP contribution is 2.43. The van der Waals surface area contributed by atoms with Crippen molar-refractivity contribution in [3.63, 3.8) is 0 Å². The van der Waals surface area contributed by atoms with Crippen LogP contribution >= 0.6 is 35.3 Å². The summed E-state index contributed by atoms with van der Waals surface area (Å²) >= 11 is 1.83. The first-order valence-electron chi connectivity index (χ1n) is 7.66. The van der Waals surface area contributed by atoms with Crippen LogP contribution in [-0.4, -0.2) is 33.3 Å². The summed E-state index contributed by atoms with van der Waals surface area (Å²) in [5.41, 5.74) is 0.410. The van der Waals surface area contributed by atoms with E-state index in [1.807, 2.05) is 18.4 Å². The topological polar surface area (TPSA) is 45.7 Å². The van der Waals surface area contributed by atoms with E-state index in [4.69, 9.17) is 4.74 Å². The summed E-state index contributed by atoms with van der Waals surface area (Å²) in [6, 6.07) is 4.33. The molecule has 2 N–H and O–H groups in total. The van der Waals surface area contributed by atoms with Crippen LogP contribution in [0.2, 0.25) is 0 Å². The summed E-state index contributed by atoms with van der Waals surface area (Å²) in [5, 5.41) is 6.88. The van der Waals surface area contributed by atoms with Gasteiger partial charge in [-0.25, -0.2) is 0 Å². The van der Waals surface area contributed by atoms with E-state index in [9.17, 15) is 0 Å². The molecule has 0 aliphatic heterocycles. The number of methoxy groups -OCH3 is 1. The number of guanidine groups is 1. The van der Waals surface area contributed by atoms with Crippen molar-refractivity contribution in [1.82, 2.24) is 10.6 Å². The molecule has 0 amide bonds. The van der Waals surface area contributed by atoms with Crippen LogP contribution in [0.1, 0.15) is 35.4 Å². The Morgan fingerprint density at radius 3 is 2.64 bits per heavy atom. The average molecular weight is 437 g/mol. The maximum atomic E-state index is 5.24. The van der Waals surface area contributed by atoms with E-state index in [2.05, 4.69) is 34.7 Å². The lowest BCUT2D eigenvalue weighted by Gasteiger charge is -2.42. The molecule has 0 unspecified atom stereocenters. The second kappa shape index (κ2) is 9.72. The third-order valence-corrected chi connectivity index (χ3v) is 5.33. The van der Waals surface area contributed by atoms with Gasteiger partial charge < -0.3 is 15.4 Å². The number of nitrogens with one attached hydrogen (secondary N) is 2. The van der Waals surface area contributed by atoms with Gasteiger partial charge in [0.1, 0.15) is 0 Å². The van der Waals surface area contributed by atoms with E-state index in [-0.39, 0.29) is 24.0 Å². The molecule has 1 aliphatic rings. The molecule has 1 fully saturated rings.